The quantitative estimate of drug-likeness (QED) is 0.332. The summed E-state index contributed by atoms with van der Waals surface area (Å²) in [7, 11) is 0. The van der Waals surface area contributed by atoms with E-state index in [0.717, 1.165) is 5.75 Å². The van der Waals surface area contributed by atoms with Crippen molar-refractivity contribution in [2.24, 2.45) is 0 Å². The van der Waals surface area contributed by atoms with Gasteiger partial charge in [-0.2, -0.15) is 11.8 Å². The van der Waals surface area contributed by atoms with Gasteiger partial charge < -0.3 is 9.88 Å². The van der Waals surface area contributed by atoms with Crippen LogP contribution in [0.15, 0.2) is 61.3 Å². The van der Waals surface area contributed by atoms with Gasteiger partial charge in [0.2, 0.25) is 0 Å². The standard InChI is InChI=1S/C20H19N7O3S/c1-31-11-7-15(19-24-23-18-4-2-3-9-26(18)19)22-20(28)14-5-6-16(17(12-14)27(29)30)25-10-8-21-13-25/h2-6,8-10,12-13,15H,7,11H2,1H3,(H,22,28). The summed E-state index contributed by atoms with van der Waals surface area (Å²) in [5.74, 6) is 0.994. The fourth-order valence-electron chi connectivity index (χ4n) is 3.27. The number of thioether (sulfide) groups is 1. The van der Waals surface area contributed by atoms with Crippen molar-refractivity contribution in [1.82, 2.24) is 29.5 Å². The zero-order valence-electron chi connectivity index (χ0n) is 16.6. The second-order valence-electron chi connectivity index (χ2n) is 6.73. The van der Waals surface area contributed by atoms with E-state index in [1.54, 1.807) is 24.0 Å². The maximum absolute atomic E-state index is 13.0. The summed E-state index contributed by atoms with van der Waals surface area (Å²) in [6.07, 6.45) is 9.07. The lowest BCUT2D eigenvalue weighted by Crippen LogP contribution is -2.30. The predicted molar refractivity (Wildman–Crippen MR) is 116 cm³/mol. The molecule has 11 heteroatoms. The molecule has 1 atom stereocenters. The molecule has 1 N–H and O–H groups in total. The first kappa shape index (κ1) is 20.5. The maximum Gasteiger partial charge on any atom is 0.294 e. The van der Waals surface area contributed by atoms with Gasteiger partial charge in [-0.3, -0.25) is 19.3 Å². The molecule has 0 saturated heterocycles. The normalized spacial score (nSPS) is 12.0. The third kappa shape index (κ3) is 4.26. The minimum atomic E-state index is -0.511. The molecule has 1 amide bonds. The number of amides is 1. The van der Waals surface area contributed by atoms with E-state index < -0.39 is 16.9 Å². The van der Waals surface area contributed by atoms with Gasteiger partial charge in [-0.05, 0) is 42.7 Å². The van der Waals surface area contributed by atoms with E-state index in [0.29, 0.717) is 23.6 Å². The third-order valence-corrected chi connectivity index (χ3v) is 5.43. The number of rotatable bonds is 8. The molecule has 0 bridgehead atoms. The average molecular weight is 437 g/mol. The number of fused-ring (bicyclic) bond motifs is 1. The third-order valence-electron chi connectivity index (χ3n) is 4.78. The highest BCUT2D eigenvalue weighted by atomic mass is 32.2. The van der Waals surface area contributed by atoms with Crippen molar-refractivity contribution >= 4 is 29.0 Å². The molecule has 4 rings (SSSR count). The average Bonchev–Trinajstić information content (AvgIpc) is 3.46. The van der Waals surface area contributed by atoms with Crippen LogP contribution >= 0.6 is 11.8 Å². The summed E-state index contributed by atoms with van der Waals surface area (Å²) in [5, 5.41) is 23.0. The second-order valence-corrected chi connectivity index (χ2v) is 7.71. The summed E-state index contributed by atoms with van der Waals surface area (Å²) >= 11 is 1.66. The van der Waals surface area contributed by atoms with Crippen molar-refractivity contribution in [2.45, 2.75) is 12.5 Å². The Morgan fingerprint density at radius 1 is 1.26 bits per heavy atom. The van der Waals surface area contributed by atoms with Gasteiger partial charge in [-0.15, -0.1) is 10.2 Å². The zero-order chi connectivity index (χ0) is 21.8. The molecule has 0 radical (unpaired) electrons. The van der Waals surface area contributed by atoms with Gasteiger partial charge in [0.1, 0.15) is 5.69 Å². The number of benzene rings is 1. The minimum absolute atomic E-state index is 0.181. The molecule has 4 aromatic rings. The lowest BCUT2D eigenvalue weighted by Gasteiger charge is -2.17. The van der Waals surface area contributed by atoms with Crippen LogP contribution in [0.1, 0.15) is 28.6 Å². The number of nitro benzene ring substituents is 1. The fraction of sp³-hybridized carbons (Fsp3) is 0.200. The lowest BCUT2D eigenvalue weighted by molar-refractivity contribution is -0.384. The molecule has 0 spiro atoms. The first-order valence-corrected chi connectivity index (χ1v) is 10.8. The number of nitrogens with one attached hydrogen (secondary N) is 1. The molecule has 31 heavy (non-hydrogen) atoms. The van der Waals surface area contributed by atoms with Gasteiger partial charge in [0.15, 0.2) is 11.5 Å². The van der Waals surface area contributed by atoms with E-state index in [4.69, 9.17) is 0 Å². The molecule has 1 unspecified atom stereocenters. The summed E-state index contributed by atoms with van der Waals surface area (Å²) in [4.78, 5) is 28.0. The number of carbonyl (C=O) groups is 1. The zero-order valence-corrected chi connectivity index (χ0v) is 17.4. The summed E-state index contributed by atoms with van der Waals surface area (Å²) in [6.45, 7) is 0. The number of imidazole rings is 1. The van der Waals surface area contributed by atoms with Crippen LogP contribution in [0.3, 0.4) is 0 Å². The molecule has 158 valence electrons. The van der Waals surface area contributed by atoms with Gasteiger partial charge in [-0.1, -0.05) is 6.07 Å². The van der Waals surface area contributed by atoms with Gasteiger partial charge in [-0.25, -0.2) is 4.98 Å². The fourth-order valence-corrected chi connectivity index (χ4v) is 3.74. The lowest BCUT2D eigenvalue weighted by atomic mass is 10.1. The van der Waals surface area contributed by atoms with Crippen LogP contribution in [-0.4, -0.2) is 47.0 Å². The first-order valence-electron chi connectivity index (χ1n) is 9.44. The van der Waals surface area contributed by atoms with Gasteiger partial charge in [0.05, 0.1) is 17.3 Å². The molecule has 10 nitrogen and oxygen atoms in total. The molecule has 0 saturated carbocycles. The maximum atomic E-state index is 13.0. The smallest absolute Gasteiger partial charge is 0.294 e. The highest BCUT2D eigenvalue weighted by Crippen LogP contribution is 2.25. The highest BCUT2D eigenvalue weighted by molar-refractivity contribution is 7.98. The molecule has 3 aromatic heterocycles. The van der Waals surface area contributed by atoms with Crippen molar-refractivity contribution in [1.29, 1.82) is 0 Å². The van der Waals surface area contributed by atoms with Crippen LogP contribution in [0.25, 0.3) is 11.3 Å². The van der Waals surface area contributed by atoms with Gasteiger partial charge in [0.25, 0.3) is 11.6 Å². The Kier molecular flexibility index (Phi) is 5.94. The molecular weight excluding hydrogens is 418 g/mol. The predicted octanol–water partition coefficient (Wildman–Crippen LogP) is 3.05. The van der Waals surface area contributed by atoms with Crippen molar-refractivity contribution in [3.05, 3.63) is 82.8 Å². The number of nitrogens with zero attached hydrogens (tertiary/aromatic N) is 6. The van der Waals surface area contributed by atoms with E-state index in [1.807, 2.05) is 35.1 Å². The van der Waals surface area contributed by atoms with Crippen LogP contribution in [0.5, 0.6) is 0 Å². The topological polar surface area (TPSA) is 120 Å². The molecule has 0 aliphatic carbocycles. The number of pyridine rings is 1. The number of hydrogen-bond acceptors (Lipinski definition) is 7. The molecule has 1 aromatic carbocycles. The molecular formula is C20H19N7O3S. The van der Waals surface area contributed by atoms with Crippen molar-refractivity contribution in [2.75, 3.05) is 12.0 Å². The molecule has 3 heterocycles. The van der Waals surface area contributed by atoms with Crippen LogP contribution in [0.4, 0.5) is 5.69 Å². The number of nitro groups is 1. The van der Waals surface area contributed by atoms with Crippen LogP contribution in [0, 0.1) is 10.1 Å². The van der Waals surface area contributed by atoms with E-state index in [9.17, 15) is 14.9 Å². The van der Waals surface area contributed by atoms with Gasteiger partial charge >= 0.3 is 0 Å². The Bertz CT molecular complexity index is 1220. The first-order chi connectivity index (χ1) is 15.1. The van der Waals surface area contributed by atoms with E-state index in [2.05, 4.69) is 20.5 Å². The van der Waals surface area contributed by atoms with Gasteiger partial charge in [0, 0.05) is 30.2 Å². The largest absolute Gasteiger partial charge is 0.342 e. The molecule has 0 fully saturated rings. The Labute approximate surface area is 181 Å². The monoisotopic (exact) mass is 437 g/mol. The van der Waals surface area contributed by atoms with E-state index in [1.165, 1.54) is 29.2 Å². The van der Waals surface area contributed by atoms with Crippen molar-refractivity contribution in [3.63, 3.8) is 0 Å². The van der Waals surface area contributed by atoms with E-state index >= 15 is 0 Å². The van der Waals surface area contributed by atoms with E-state index in [-0.39, 0.29) is 11.3 Å². The minimum Gasteiger partial charge on any atom is -0.342 e. The second kappa shape index (κ2) is 8.96. The summed E-state index contributed by atoms with van der Waals surface area (Å²) in [6, 6.07) is 9.55. The SMILES string of the molecule is CSCCC(NC(=O)c1ccc(-n2ccnc2)c([N+](=O)[O-])c1)c1nnc2ccccn12. The Morgan fingerprint density at radius 3 is 2.87 bits per heavy atom. The van der Waals surface area contributed by atoms with Crippen LogP contribution in [0.2, 0.25) is 0 Å². The highest BCUT2D eigenvalue weighted by Gasteiger charge is 2.23. The van der Waals surface area contributed by atoms with Crippen molar-refractivity contribution < 1.29 is 9.72 Å². The number of hydrogen-bond donors (Lipinski definition) is 1. The van der Waals surface area contributed by atoms with Crippen molar-refractivity contribution in [3.8, 4) is 5.69 Å². The van der Waals surface area contributed by atoms with Crippen LogP contribution in [-0.2, 0) is 0 Å². The number of carbonyl (C=O) groups excluding carboxylic acids is 1. The Balaban J connectivity index is 1.64. The Morgan fingerprint density at radius 2 is 2.13 bits per heavy atom. The van der Waals surface area contributed by atoms with Crippen LogP contribution < -0.4 is 5.32 Å². The summed E-state index contributed by atoms with van der Waals surface area (Å²) in [5.41, 5.74) is 1.03. The molecule has 0 aliphatic rings. The number of aromatic nitrogens is 5. The summed E-state index contributed by atoms with van der Waals surface area (Å²) < 4.78 is 3.36. The Hall–Kier alpha value is -3.73. The molecule has 0 aliphatic heterocycles.